The fourth-order valence-electron chi connectivity index (χ4n) is 4.73. The molecule has 2 aliphatic heterocycles. The molecule has 1 saturated heterocycles. The quantitative estimate of drug-likeness (QED) is 0.517. The second kappa shape index (κ2) is 8.57. The first-order valence-electron chi connectivity index (χ1n) is 11.1. The molecule has 2 heterocycles. The summed E-state index contributed by atoms with van der Waals surface area (Å²) in [5.74, 6) is 0.294. The Morgan fingerprint density at radius 1 is 1.12 bits per heavy atom. The lowest BCUT2D eigenvalue weighted by molar-refractivity contribution is -0.131. The van der Waals surface area contributed by atoms with E-state index >= 15 is 0 Å². The molecule has 0 spiro atoms. The van der Waals surface area contributed by atoms with Crippen LogP contribution < -0.4 is 25.0 Å². The van der Waals surface area contributed by atoms with Crippen molar-refractivity contribution in [1.82, 2.24) is 5.32 Å². The molecule has 5 rings (SSSR count). The van der Waals surface area contributed by atoms with E-state index in [4.69, 9.17) is 21.1 Å². The Hall–Kier alpha value is -3.71. The van der Waals surface area contributed by atoms with Crippen LogP contribution in [0, 0.1) is 5.92 Å². The minimum absolute atomic E-state index is 0.278. The lowest BCUT2D eigenvalue weighted by Crippen LogP contribution is -2.72. The Kier molecular flexibility index (Phi) is 5.57. The highest BCUT2D eigenvalue weighted by Gasteiger charge is 2.60. The van der Waals surface area contributed by atoms with Crippen molar-refractivity contribution in [3.05, 3.63) is 83.4 Å². The molecule has 34 heavy (non-hydrogen) atoms. The van der Waals surface area contributed by atoms with Crippen LogP contribution in [0.3, 0.4) is 0 Å². The molecule has 0 aliphatic carbocycles. The summed E-state index contributed by atoms with van der Waals surface area (Å²) in [6.45, 7) is 4.22. The fourth-order valence-corrected chi connectivity index (χ4v) is 4.86. The van der Waals surface area contributed by atoms with Crippen LogP contribution in [0.5, 0.6) is 11.5 Å². The third-order valence-corrected chi connectivity index (χ3v) is 6.46. The van der Waals surface area contributed by atoms with Gasteiger partial charge in [0.05, 0.1) is 12.6 Å². The Bertz CT molecular complexity index is 1230. The van der Waals surface area contributed by atoms with Gasteiger partial charge in [-0.2, -0.15) is 0 Å². The van der Waals surface area contributed by atoms with Crippen LogP contribution in [-0.4, -0.2) is 24.3 Å². The molecule has 2 bridgehead atoms. The SMILES string of the molecule is CCOc1ccc(N2C(=O)NC3c4ccccc4OC2(C)C3C(=O)Nc2ccc(Cl)cc2)cc1. The second-order valence-corrected chi connectivity index (χ2v) is 8.79. The van der Waals surface area contributed by atoms with Gasteiger partial charge in [-0.1, -0.05) is 29.8 Å². The van der Waals surface area contributed by atoms with Crippen molar-refractivity contribution < 1.29 is 19.1 Å². The first kappa shape index (κ1) is 22.1. The summed E-state index contributed by atoms with van der Waals surface area (Å²) >= 11 is 5.99. The molecule has 2 aliphatic rings. The topological polar surface area (TPSA) is 79.9 Å². The number of hydrogen-bond donors (Lipinski definition) is 2. The number of nitrogens with one attached hydrogen (secondary N) is 2. The standard InChI is InChI=1S/C26H24ClN3O4/c1-3-33-19-14-12-18(13-15-19)30-25(32)29-23-20-6-4-5-7-21(20)34-26(30,2)22(23)24(31)28-17-10-8-16(27)9-11-17/h4-15,22-23H,3H2,1-2H3,(H,28,31)(H,29,32). The average Bonchev–Trinajstić information content (AvgIpc) is 2.81. The minimum atomic E-state index is -1.29. The number of carbonyl (C=O) groups is 2. The van der Waals surface area contributed by atoms with Crippen molar-refractivity contribution >= 4 is 34.9 Å². The van der Waals surface area contributed by atoms with E-state index in [9.17, 15) is 9.59 Å². The maximum atomic E-state index is 13.7. The van der Waals surface area contributed by atoms with E-state index in [0.29, 0.717) is 34.5 Å². The predicted octanol–water partition coefficient (Wildman–Crippen LogP) is 5.37. The molecule has 0 radical (unpaired) electrons. The molecule has 174 valence electrons. The van der Waals surface area contributed by atoms with E-state index in [2.05, 4.69) is 10.6 Å². The highest BCUT2D eigenvalue weighted by molar-refractivity contribution is 6.30. The summed E-state index contributed by atoms with van der Waals surface area (Å²) in [6, 6.07) is 20.6. The number of ether oxygens (including phenoxy) is 2. The van der Waals surface area contributed by atoms with E-state index in [0.717, 1.165) is 5.56 Å². The Morgan fingerprint density at radius 2 is 1.82 bits per heavy atom. The monoisotopic (exact) mass is 477 g/mol. The maximum Gasteiger partial charge on any atom is 0.325 e. The maximum absolute atomic E-state index is 13.7. The Labute approximate surface area is 202 Å². The van der Waals surface area contributed by atoms with Crippen molar-refractivity contribution in [2.75, 3.05) is 16.8 Å². The van der Waals surface area contributed by atoms with Crippen LogP contribution in [0.15, 0.2) is 72.8 Å². The van der Waals surface area contributed by atoms with Gasteiger partial charge in [0.15, 0.2) is 0 Å². The molecular weight excluding hydrogens is 454 g/mol. The minimum Gasteiger partial charge on any atom is -0.494 e. The fraction of sp³-hybridized carbons (Fsp3) is 0.231. The summed E-state index contributed by atoms with van der Waals surface area (Å²) < 4.78 is 12.0. The van der Waals surface area contributed by atoms with E-state index in [-0.39, 0.29) is 11.9 Å². The van der Waals surface area contributed by atoms with E-state index in [1.54, 1.807) is 55.5 Å². The normalized spacial score (nSPS) is 22.8. The Morgan fingerprint density at radius 3 is 2.53 bits per heavy atom. The van der Waals surface area contributed by atoms with Crippen molar-refractivity contribution in [2.45, 2.75) is 25.6 Å². The molecule has 0 saturated carbocycles. The second-order valence-electron chi connectivity index (χ2n) is 8.36. The van der Waals surface area contributed by atoms with Gasteiger partial charge < -0.3 is 20.1 Å². The summed E-state index contributed by atoms with van der Waals surface area (Å²) in [7, 11) is 0. The third kappa shape index (κ3) is 3.72. The van der Waals surface area contributed by atoms with Gasteiger partial charge in [-0.15, -0.1) is 0 Å². The number of nitrogens with zero attached hydrogens (tertiary/aromatic N) is 1. The highest BCUT2D eigenvalue weighted by atomic mass is 35.5. The zero-order valence-corrected chi connectivity index (χ0v) is 19.5. The summed E-state index contributed by atoms with van der Waals surface area (Å²) in [4.78, 5) is 28.5. The van der Waals surface area contributed by atoms with Gasteiger partial charge >= 0.3 is 6.03 Å². The molecule has 8 heteroatoms. The van der Waals surface area contributed by atoms with Gasteiger partial charge in [-0.3, -0.25) is 9.69 Å². The van der Waals surface area contributed by atoms with E-state index in [1.165, 1.54) is 4.90 Å². The smallest absolute Gasteiger partial charge is 0.325 e. The number of carbonyl (C=O) groups excluding carboxylic acids is 2. The molecular formula is C26H24ClN3O4. The molecule has 1 fully saturated rings. The van der Waals surface area contributed by atoms with Crippen LogP contribution in [0.4, 0.5) is 16.2 Å². The van der Waals surface area contributed by atoms with Crippen molar-refractivity contribution in [1.29, 1.82) is 0 Å². The van der Waals surface area contributed by atoms with Gasteiger partial charge in [-0.25, -0.2) is 4.79 Å². The van der Waals surface area contributed by atoms with Crippen LogP contribution in [-0.2, 0) is 4.79 Å². The average molecular weight is 478 g/mol. The van der Waals surface area contributed by atoms with Gasteiger partial charge in [0.25, 0.3) is 0 Å². The van der Waals surface area contributed by atoms with Crippen LogP contribution >= 0.6 is 11.6 Å². The molecule has 3 unspecified atom stereocenters. The molecule has 7 nitrogen and oxygen atoms in total. The van der Waals surface area contributed by atoms with Crippen molar-refractivity contribution in [2.24, 2.45) is 5.92 Å². The van der Waals surface area contributed by atoms with Gasteiger partial charge in [0, 0.05) is 22.0 Å². The highest BCUT2D eigenvalue weighted by Crippen LogP contribution is 2.49. The van der Waals surface area contributed by atoms with Crippen molar-refractivity contribution in [3.8, 4) is 11.5 Å². The number of fused-ring (bicyclic) bond motifs is 4. The van der Waals surface area contributed by atoms with Crippen LogP contribution in [0.1, 0.15) is 25.5 Å². The number of anilines is 2. The largest absolute Gasteiger partial charge is 0.494 e. The van der Waals surface area contributed by atoms with Gasteiger partial charge in [0.1, 0.15) is 17.4 Å². The first-order chi connectivity index (χ1) is 16.4. The number of amides is 3. The van der Waals surface area contributed by atoms with Gasteiger partial charge in [-0.05, 0) is 68.4 Å². The number of benzene rings is 3. The third-order valence-electron chi connectivity index (χ3n) is 6.21. The molecule has 3 aromatic rings. The molecule has 2 N–H and O–H groups in total. The summed E-state index contributed by atoms with van der Waals surface area (Å²) in [5, 5.41) is 6.57. The zero-order chi connectivity index (χ0) is 23.9. The molecule has 0 aromatic heterocycles. The number of hydrogen-bond acceptors (Lipinski definition) is 4. The number of rotatable bonds is 5. The van der Waals surface area contributed by atoms with Crippen molar-refractivity contribution in [3.63, 3.8) is 0 Å². The number of para-hydroxylation sites is 1. The first-order valence-corrected chi connectivity index (χ1v) is 11.5. The lowest BCUT2D eigenvalue weighted by atomic mass is 9.78. The zero-order valence-electron chi connectivity index (χ0n) is 18.7. The Balaban J connectivity index is 1.57. The number of urea groups is 1. The number of halogens is 1. The lowest BCUT2D eigenvalue weighted by Gasteiger charge is -2.54. The molecule has 3 aromatic carbocycles. The summed E-state index contributed by atoms with van der Waals surface area (Å²) in [5.41, 5.74) is 0.667. The van der Waals surface area contributed by atoms with Crippen LogP contribution in [0.25, 0.3) is 0 Å². The van der Waals surface area contributed by atoms with Gasteiger partial charge in [0.2, 0.25) is 11.6 Å². The van der Waals surface area contributed by atoms with E-state index in [1.807, 2.05) is 31.2 Å². The summed E-state index contributed by atoms with van der Waals surface area (Å²) in [6.07, 6.45) is 0. The molecule has 3 amide bonds. The van der Waals surface area contributed by atoms with Crippen LogP contribution in [0.2, 0.25) is 5.02 Å². The van der Waals surface area contributed by atoms with E-state index < -0.39 is 17.7 Å². The predicted molar refractivity (Wildman–Crippen MR) is 130 cm³/mol. The molecule has 3 atom stereocenters.